The number of aryl methyl sites for hydroxylation is 1. The van der Waals surface area contributed by atoms with Crippen LogP contribution in [0.3, 0.4) is 0 Å². The van der Waals surface area contributed by atoms with E-state index in [0.717, 1.165) is 49.3 Å². The molecule has 3 aromatic carbocycles. The van der Waals surface area contributed by atoms with Gasteiger partial charge in [0.05, 0.1) is 5.54 Å². The highest BCUT2D eigenvalue weighted by molar-refractivity contribution is 5.98. The minimum Gasteiger partial charge on any atom is -0.369 e. The summed E-state index contributed by atoms with van der Waals surface area (Å²) in [7, 11) is 2.18. The SMILES string of the molecule is Cc1ccc(N2CCN(C)C(C)C2)cc1C(=O)NC1(c2cccc3ccccc23)CC1. The molecule has 2 fully saturated rings. The molecule has 1 N–H and O–H groups in total. The first-order chi connectivity index (χ1) is 15.0. The number of carbonyl (C=O) groups excluding carboxylic acids is 1. The summed E-state index contributed by atoms with van der Waals surface area (Å²) in [6.45, 7) is 7.31. The van der Waals surface area contributed by atoms with Crippen molar-refractivity contribution in [1.29, 1.82) is 0 Å². The number of hydrogen-bond donors (Lipinski definition) is 1. The lowest BCUT2D eigenvalue weighted by atomic mass is 9.96. The Morgan fingerprint density at radius 3 is 2.58 bits per heavy atom. The fraction of sp³-hybridized carbons (Fsp3) is 0.370. The van der Waals surface area contributed by atoms with Crippen LogP contribution in [0.15, 0.2) is 60.7 Å². The smallest absolute Gasteiger partial charge is 0.252 e. The van der Waals surface area contributed by atoms with Crippen LogP contribution >= 0.6 is 0 Å². The first-order valence-corrected chi connectivity index (χ1v) is 11.3. The van der Waals surface area contributed by atoms with Crippen molar-refractivity contribution in [2.75, 3.05) is 31.6 Å². The van der Waals surface area contributed by atoms with E-state index in [1.807, 2.05) is 6.92 Å². The summed E-state index contributed by atoms with van der Waals surface area (Å²) in [5, 5.41) is 5.87. The minimum atomic E-state index is -0.247. The molecule has 1 unspecified atom stereocenters. The van der Waals surface area contributed by atoms with Crippen molar-refractivity contribution in [2.24, 2.45) is 0 Å². The minimum absolute atomic E-state index is 0.0342. The highest BCUT2D eigenvalue weighted by Crippen LogP contribution is 2.48. The second kappa shape index (κ2) is 7.69. The van der Waals surface area contributed by atoms with E-state index in [1.165, 1.54) is 16.3 Å². The molecule has 2 aliphatic rings. The van der Waals surface area contributed by atoms with Crippen LogP contribution in [0, 0.1) is 6.92 Å². The Balaban J connectivity index is 1.42. The molecule has 160 valence electrons. The van der Waals surface area contributed by atoms with Crippen molar-refractivity contribution in [2.45, 2.75) is 38.3 Å². The molecule has 4 nitrogen and oxygen atoms in total. The van der Waals surface area contributed by atoms with Gasteiger partial charge in [-0.2, -0.15) is 0 Å². The molecule has 1 atom stereocenters. The van der Waals surface area contributed by atoms with Gasteiger partial charge in [0, 0.05) is 36.9 Å². The van der Waals surface area contributed by atoms with E-state index in [4.69, 9.17) is 0 Å². The number of hydrogen-bond acceptors (Lipinski definition) is 3. The number of amides is 1. The Kier molecular flexibility index (Phi) is 4.98. The standard InChI is InChI=1S/C27H31N3O/c1-19-11-12-22(30-16-15-29(3)20(2)18-30)17-24(19)26(31)28-27(13-14-27)25-10-6-8-21-7-4-5-9-23(21)25/h4-12,17,20H,13-16,18H2,1-3H3,(H,28,31). The molecule has 1 saturated heterocycles. The molecule has 3 aromatic rings. The van der Waals surface area contributed by atoms with Gasteiger partial charge in [-0.1, -0.05) is 48.5 Å². The lowest BCUT2D eigenvalue weighted by molar-refractivity contribution is 0.0930. The molecule has 5 rings (SSSR count). The van der Waals surface area contributed by atoms with E-state index >= 15 is 0 Å². The van der Waals surface area contributed by atoms with Crippen molar-refractivity contribution in [3.63, 3.8) is 0 Å². The lowest BCUT2D eigenvalue weighted by Gasteiger charge is -2.39. The average Bonchev–Trinajstić information content (AvgIpc) is 3.56. The lowest BCUT2D eigenvalue weighted by Crippen LogP contribution is -2.50. The van der Waals surface area contributed by atoms with Gasteiger partial charge in [0.1, 0.15) is 0 Å². The van der Waals surface area contributed by atoms with Gasteiger partial charge in [-0.05, 0) is 67.8 Å². The number of nitrogens with zero attached hydrogens (tertiary/aromatic N) is 2. The maximum atomic E-state index is 13.4. The molecular formula is C27H31N3O. The van der Waals surface area contributed by atoms with Gasteiger partial charge in [0.2, 0.25) is 0 Å². The van der Waals surface area contributed by atoms with Gasteiger partial charge in [-0.15, -0.1) is 0 Å². The first kappa shape index (κ1) is 20.1. The van der Waals surface area contributed by atoms with Crippen LogP contribution in [0.4, 0.5) is 5.69 Å². The summed E-state index contributed by atoms with van der Waals surface area (Å²) < 4.78 is 0. The predicted molar refractivity (Wildman–Crippen MR) is 128 cm³/mol. The third-order valence-electron chi connectivity index (χ3n) is 7.20. The summed E-state index contributed by atoms with van der Waals surface area (Å²) in [6.07, 6.45) is 1.98. The van der Waals surface area contributed by atoms with Gasteiger partial charge in [-0.25, -0.2) is 0 Å². The summed E-state index contributed by atoms with van der Waals surface area (Å²) in [6, 6.07) is 21.7. The second-order valence-corrected chi connectivity index (χ2v) is 9.34. The fourth-order valence-electron chi connectivity index (χ4n) is 4.85. The van der Waals surface area contributed by atoms with Crippen LogP contribution in [0.1, 0.15) is 41.3 Å². The van der Waals surface area contributed by atoms with Crippen molar-refractivity contribution >= 4 is 22.4 Å². The largest absolute Gasteiger partial charge is 0.369 e. The number of fused-ring (bicyclic) bond motifs is 1. The van der Waals surface area contributed by atoms with Crippen LogP contribution in [0.25, 0.3) is 10.8 Å². The van der Waals surface area contributed by atoms with Crippen LogP contribution in [0.5, 0.6) is 0 Å². The molecule has 31 heavy (non-hydrogen) atoms. The summed E-state index contributed by atoms with van der Waals surface area (Å²) in [4.78, 5) is 18.2. The molecular weight excluding hydrogens is 382 g/mol. The Morgan fingerprint density at radius 1 is 1.03 bits per heavy atom. The second-order valence-electron chi connectivity index (χ2n) is 9.34. The molecule has 1 aliphatic heterocycles. The molecule has 0 spiro atoms. The molecule has 1 aliphatic carbocycles. The van der Waals surface area contributed by atoms with Crippen LogP contribution in [-0.2, 0) is 5.54 Å². The summed E-state index contributed by atoms with van der Waals surface area (Å²) in [5.74, 6) is 0.0342. The van der Waals surface area contributed by atoms with Gasteiger partial charge in [-0.3, -0.25) is 4.79 Å². The maximum Gasteiger partial charge on any atom is 0.252 e. The zero-order valence-electron chi connectivity index (χ0n) is 18.7. The Labute approximate surface area is 184 Å². The average molecular weight is 414 g/mol. The van der Waals surface area contributed by atoms with E-state index in [0.29, 0.717) is 6.04 Å². The Hall–Kier alpha value is -2.85. The third-order valence-corrected chi connectivity index (χ3v) is 7.20. The van der Waals surface area contributed by atoms with Gasteiger partial charge < -0.3 is 15.1 Å². The molecule has 0 radical (unpaired) electrons. The van der Waals surface area contributed by atoms with E-state index in [-0.39, 0.29) is 11.4 Å². The van der Waals surface area contributed by atoms with Crippen molar-refractivity contribution in [3.05, 3.63) is 77.4 Å². The van der Waals surface area contributed by atoms with Crippen molar-refractivity contribution < 1.29 is 4.79 Å². The predicted octanol–water partition coefficient (Wildman–Crippen LogP) is 4.71. The third kappa shape index (κ3) is 3.70. The maximum absolute atomic E-state index is 13.4. The van der Waals surface area contributed by atoms with Crippen molar-refractivity contribution in [1.82, 2.24) is 10.2 Å². The molecule has 1 saturated carbocycles. The highest BCUT2D eigenvalue weighted by Gasteiger charge is 2.46. The zero-order valence-corrected chi connectivity index (χ0v) is 18.7. The van der Waals surface area contributed by atoms with Crippen LogP contribution < -0.4 is 10.2 Å². The van der Waals surface area contributed by atoms with Gasteiger partial charge in [0.15, 0.2) is 0 Å². The number of benzene rings is 3. The Bertz CT molecular complexity index is 1130. The number of likely N-dealkylation sites (N-methyl/N-ethyl adjacent to an activating group) is 1. The van der Waals surface area contributed by atoms with E-state index < -0.39 is 0 Å². The highest BCUT2D eigenvalue weighted by atomic mass is 16.1. The van der Waals surface area contributed by atoms with E-state index in [9.17, 15) is 4.79 Å². The van der Waals surface area contributed by atoms with E-state index in [2.05, 4.69) is 89.8 Å². The molecule has 0 aromatic heterocycles. The zero-order chi connectivity index (χ0) is 21.6. The summed E-state index contributed by atoms with van der Waals surface area (Å²) >= 11 is 0. The topological polar surface area (TPSA) is 35.6 Å². The first-order valence-electron chi connectivity index (χ1n) is 11.3. The fourth-order valence-corrected chi connectivity index (χ4v) is 4.85. The van der Waals surface area contributed by atoms with Gasteiger partial charge in [0.25, 0.3) is 5.91 Å². The quantitative estimate of drug-likeness (QED) is 0.673. The van der Waals surface area contributed by atoms with Crippen molar-refractivity contribution in [3.8, 4) is 0 Å². The normalized spacial score (nSPS) is 20.6. The number of nitrogens with one attached hydrogen (secondary N) is 1. The van der Waals surface area contributed by atoms with E-state index in [1.54, 1.807) is 0 Å². The number of rotatable bonds is 4. The molecule has 1 heterocycles. The Morgan fingerprint density at radius 2 is 1.81 bits per heavy atom. The number of piperazine rings is 1. The number of carbonyl (C=O) groups is 1. The molecule has 0 bridgehead atoms. The van der Waals surface area contributed by atoms with Crippen LogP contribution in [0.2, 0.25) is 0 Å². The molecule has 1 amide bonds. The molecule has 4 heteroatoms. The monoisotopic (exact) mass is 413 g/mol. The van der Waals surface area contributed by atoms with Crippen LogP contribution in [-0.4, -0.2) is 43.5 Å². The van der Waals surface area contributed by atoms with Gasteiger partial charge >= 0.3 is 0 Å². The summed E-state index contributed by atoms with van der Waals surface area (Å²) in [5.41, 5.74) is 3.95. The number of anilines is 1.